The van der Waals surface area contributed by atoms with Crippen LogP contribution in [-0.2, 0) is 0 Å². The monoisotopic (exact) mass is 404 g/mol. The summed E-state index contributed by atoms with van der Waals surface area (Å²) in [5, 5.41) is 4.05. The van der Waals surface area contributed by atoms with Gasteiger partial charge in [0.25, 0.3) is 5.89 Å². The third-order valence-corrected chi connectivity index (χ3v) is 5.82. The summed E-state index contributed by atoms with van der Waals surface area (Å²) in [5.74, 6) is 1.36. The van der Waals surface area contributed by atoms with Crippen molar-refractivity contribution < 1.29 is 14.1 Å². The summed E-state index contributed by atoms with van der Waals surface area (Å²) < 4.78 is 11.6. The number of carbonyl (C=O) groups is 1. The van der Waals surface area contributed by atoms with Crippen molar-refractivity contribution >= 4 is 16.8 Å². The molecule has 0 bridgehead atoms. The number of benzene rings is 2. The molecule has 0 aliphatic carbocycles. The molecule has 8 nitrogen and oxygen atoms in total. The Balaban J connectivity index is 1.49. The van der Waals surface area contributed by atoms with Gasteiger partial charge in [0.15, 0.2) is 5.78 Å². The second kappa shape index (κ2) is 6.69. The van der Waals surface area contributed by atoms with Gasteiger partial charge in [-0.3, -0.25) is 4.79 Å². The molecule has 0 saturated carbocycles. The van der Waals surface area contributed by atoms with Crippen molar-refractivity contribution in [1.29, 1.82) is 0 Å². The molecule has 0 amide bonds. The largest absolute Gasteiger partial charge is 0.486 e. The van der Waals surface area contributed by atoms with Gasteiger partial charge in [-0.05, 0) is 49.2 Å². The lowest BCUT2D eigenvalue weighted by atomic mass is 9.85. The Morgan fingerprint density at radius 1 is 1.00 bits per heavy atom. The molecule has 0 fully saturated rings. The second-order valence-corrected chi connectivity index (χ2v) is 7.57. The molecule has 4 aromatic rings. The van der Waals surface area contributed by atoms with E-state index in [1.807, 2.05) is 19.9 Å². The molecule has 0 spiro atoms. The van der Waals surface area contributed by atoms with Gasteiger partial charge in [0.1, 0.15) is 11.4 Å². The molecule has 2 aromatic heterocycles. The number of ether oxygens (including phenoxy) is 1. The highest BCUT2D eigenvalue weighted by atomic mass is 16.5. The number of Topliss-reactive ketones (excluding diaryl/α,β-unsaturated/α-hetero) is 1. The van der Waals surface area contributed by atoms with E-state index in [9.17, 15) is 9.59 Å². The van der Waals surface area contributed by atoms with E-state index in [-0.39, 0.29) is 11.5 Å². The summed E-state index contributed by atoms with van der Waals surface area (Å²) in [7, 11) is 0. The Morgan fingerprint density at radius 3 is 2.57 bits per heavy atom. The zero-order chi connectivity index (χ0) is 20.9. The Labute approximate surface area is 171 Å². The number of imidazole rings is 1. The molecule has 152 valence electrons. The molecule has 0 unspecified atom stereocenters. The fourth-order valence-corrected chi connectivity index (χ4v) is 3.90. The van der Waals surface area contributed by atoms with Crippen LogP contribution in [0, 0.1) is 0 Å². The lowest BCUT2D eigenvalue weighted by molar-refractivity contribution is 0.0350. The topological polar surface area (TPSA) is 114 Å². The van der Waals surface area contributed by atoms with Gasteiger partial charge in [-0.2, -0.15) is 4.98 Å². The average molecular weight is 404 g/mol. The van der Waals surface area contributed by atoms with Crippen LogP contribution < -0.4 is 10.4 Å². The van der Waals surface area contributed by atoms with Crippen molar-refractivity contribution in [3.05, 3.63) is 52.4 Å². The molecule has 0 atom stereocenters. The minimum absolute atomic E-state index is 0.0587. The minimum atomic E-state index is -0.429. The van der Waals surface area contributed by atoms with Gasteiger partial charge >= 0.3 is 5.69 Å². The lowest BCUT2D eigenvalue weighted by Gasteiger charge is -2.36. The Bertz CT molecular complexity index is 1330. The molecule has 1 aliphatic rings. The maximum Gasteiger partial charge on any atom is 0.323 e. The number of hydrogen-bond acceptors (Lipinski definition) is 6. The molecule has 2 aromatic carbocycles. The van der Waals surface area contributed by atoms with E-state index in [1.54, 1.807) is 30.3 Å². The Hall–Kier alpha value is -3.68. The van der Waals surface area contributed by atoms with Crippen LogP contribution in [0.2, 0.25) is 0 Å². The number of aromatic nitrogens is 4. The SMILES string of the molecule is CCC1(CC)CC(=O)c2cc(-c3nc(-c4ccc5[nH]c(=O)[nH]c5c4)no3)ccc2O1. The molecule has 8 heteroatoms. The summed E-state index contributed by atoms with van der Waals surface area (Å²) in [6.45, 7) is 4.08. The summed E-state index contributed by atoms with van der Waals surface area (Å²) in [5.41, 5.74) is 2.57. The molecule has 5 rings (SSSR count). The third kappa shape index (κ3) is 2.92. The second-order valence-electron chi connectivity index (χ2n) is 7.57. The number of rotatable bonds is 4. The summed E-state index contributed by atoms with van der Waals surface area (Å²) >= 11 is 0. The molecule has 0 saturated heterocycles. The highest BCUT2D eigenvalue weighted by molar-refractivity contribution is 6.01. The Kier molecular flexibility index (Phi) is 4.09. The average Bonchev–Trinajstić information content (AvgIpc) is 3.39. The molecular formula is C22H20N4O4. The van der Waals surface area contributed by atoms with E-state index in [1.165, 1.54) is 0 Å². The summed E-state index contributed by atoms with van der Waals surface area (Å²) in [4.78, 5) is 34.1. The quantitative estimate of drug-likeness (QED) is 0.529. The van der Waals surface area contributed by atoms with Crippen molar-refractivity contribution in [1.82, 2.24) is 20.1 Å². The van der Waals surface area contributed by atoms with E-state index < -0.39 is 5.60 Å². The minimum Gasteiger partial charge on any atom is -0.486 e. The van der Waals surface area contributed by atoms with E-state index in [0.29, 0.717) is 51.6 Å². The normalized spacial score (nSPS) is 15.2. The third-order valence-electron chi connectivity index (χ3n) is 5.82. The number of ketones is 1. The number of H-pyrrole nitrogens is 2. The van der Waals surface area contributed by atoms with Crippen LogP contribution in [0.3, 0.4) is 0 Å². The van der Waals surface area contributed by atoms with Crippen molar-refractivity contribution in [3.63, 3.8) is 0 Å². The predicted molar refractivity (Wildman–Crippen MR) is 111 cm³/mol. The number of fused-ring (bicyclic) bond motifs is 2. The lowest BCUT2D eigenvalue weighted by Crippen LogP contribution is -2.40. The van der Waals surface area contributed by atoms with Gasteiger partial charge < -0.3 is 19.2 Å². The first-order valence-electron chi connectivity index (χ1n) is 9.93. The molecule has 1 aliphatic heterocycles. The first kappa shape index (κ1) is 18.4. The Morgan fingerprint density at radius 2 is 1.77 bits per heavy atom. The van der Waals surface area contributed by atoms with Crippen molar-refractivity contribution in [2.75, 3.05) is 0 Å². The highest BCUT2D eigenvalue weighted by Gasteiger charge is 2.37. The molecule has 0 radical (unpaired) electrons. The van der Waals surface area contributed by atoms with Crippen LogP contribution in [0.1, 0.15) is 43.5 Å². The number of hydrogen-bond donors (Lipinski definition) is 2. The number of nitrogens with zero attached hydrogens (tertiary/aromatic N) is 2. The van der Waals surface area contributed by atoms with Crippen LogP contribution in [0.5, 0.6) is 5.75 Å². The van der Waals surface area contributed by atoms with Crippen LogP contribution in [0.25, 0.3) is 33.9 Å². The first-order valence-corrected chi connectivity index (χ1v) is 9.93. The first-order chi connectivity index (χ1) is 14.5. The van der Waals surface area contributed by atoms with Gasteiger partial charge in [0.2, 0.25) is 5.82 Å². The molecule has 30 heavy (non-hydrogen) atoms. The predicted octanol–water partition coefficient (Wildman–Crippen LogP) is 4.10. The highest BCUT2D eigenvalue weighted by Crippen LogP contribution is 2.39. The fraction of sp³-hybridized carbons (Fsp3) is 0.273. The van der Waals surface area contributed by atoms with Crippen molar-refractivity contribution in [3.8, 4) is 28.6 Å². The fourth-order valence-electron chi connectivity index (χ4n) is 3.90. The zero-order valence-corrected chi connectivity index (χ0v) is 16.6. The van der Waals surface area contributed by atoms with Crippen LogP contribution in [-0.4, -0.2) is 31.5 Å². The maximum absolute atomic E-state index is 12.8. The van der Waals surface area contributed by atoms with E-state index >= 15 is 0 Å². The van der Waals surface area contributed by atoms with E-state index in [2.05, 4.69) is 20.1 Å². The van der Waals surface area contributed by atoms with Gasteiger partial charge in [0, 0.05) is 11.1 Å². The number of nitrogens with one attached hydrogen (secondary N) is 2. The standard InChI is InChI=1S/C22H20N4O4/c1-3-22(4-2)11-17(27)14-9-13(6-8-18(14)29-22)20-25-19(26-30-20)12-5-7-15-16(10-12)24-21(28)23-15/h5-10H,3-4,11H2,1-2H3,(H2,23,24,28). The summed E-state index contributed by atoms with van der Waals surface area (Å²) in [6, 6.07) is 10.7. The zero-order valence-electron chi connectivity index (χ0n) is 16.6. The van der Waals surface area contributed by atoms with Crippen LogP contribution in [0.15, 0.2) is 45.7 Å². The van der Waals surface area contributed by atoms with Crippen LogP contribution in [0.4, 0.5) is 0 Å². The van der Waals surface area contributed by atoms with Crippen molar-refractivity contribution in [2.45, 2.75) is 38.7 Å². The maximum atomic E-state index is 12.8. The number of carbonyl (C=O) groups excluding carboxylic acids is 1. The molecule has 2 N–H and O–H groups in total. The molecule has 3 heterocycles. The smallest absolute Gasteiger partial charge is 0.323 e. The number of aromatic amines is 2. The van der Waals surface area contributed by atoms with Gasteiger partial charge in [-0.1, -0.05) is 19.0 Å². The van der Waals surface area contributed by atoms with Crippen LogP contribution >= 0.6 is 0 Å². The van der Waals surface area contributed by atoms with Gasteiger partial charge in [-0.25, -0.2) is 4.79 Å². The summed E-state index contributed by atoms with van der Waals surface area (Å²) in [6.07, 6.45) is 1.92. The molecular weight excluding hydrogens is 384 g/mol. The van der Waals surface area contributed by atoms with Gasteiger partial charge in [-0.15, -0.1) is 0 Å². The van der Waals surface area contributed by atoms with E-state index in [0.717, 1.165) is 12.8 Å². The van der Waals surface area contributed by atoms with Gasteiger partial charge in [0.05, 0.1) is 23.0 Å². The van der Waals surface area contributed by atoms with E-state index in [4.69, 9.17) is 9.26 Å². The van der Waals surface area contributed by atoms with Crippen molar-refractivity contribution in [2.24, 2.45) is 0 Å².